The van der Waals surface area contributed by atoms with E-state index in [1.54, 1.807) is 18.2 Å². The van der Waals surface area contributed by atoms with Crippen LogP contribution in [0.15, 0.2) is 24.3 Å². The van der Waals surface area contributed by atoms with Gasteiger partial charge in [0.05, 0.1) is 15.7 Å². The lowest BCUT2D eigenvalue weighted by atomic mass is 10.1. The van der Waals surface area contributed by atoms with Gasteiger partial charge in [0.2, 0.25) is 0 Å². The van der Waals surface area contributed by atoms with Crippen molar-refractivity contribution in [2.75, 3.05) is 0 Å². The van der Waals surface area contributed by atoms with Gasteiger partial charge in [-0.15, -0.1) is 0 Å². The van der Waals surface area contributed by atoms with Crippen molar-refractivity contribution in [1.29, 1.82) is 0 Å². The van der Waals surface area contributed by atoms with Gasteiger partial charge in [0.25, 0.3) is 0 Å². The number of rotatable bonds is 1. The van der Waals surface area contributed by atoms with Crippen LogP contribution in [-0.4, -0.2) is 4.37 Å². The molecule has 1 aromatic carbocycles. The molecule has 0 bridgehead atoms. The van der Waals surface area contributed by atoms with Crippen molar-refractivity contribution < 1.29 is 13.2 Å². The van der Waals surface area contributed by atoms with Gasteiger partial charge in [0, 0.05) is 5.56 Å². The Morgan fingerprint density at radius 2 is 1.71 bits per heavy atom. The van der Waals surface area contributed by atoms with Crippen molar-refractivity contribution in [3.8, 4) is 11.3 Å². The van der Waals surface area contributed by atoms with Gasteiger partial charge < -0.3 is 0 Å². The van der Waals surface area contributed by atoms with E-state index in [4.69, 9.17) is 23.2 Å². The molecule has 0 spiro atoms. The Bertz CT molecular complexity index is 530. The smallest absolute Gasteiger partial charge is 0.192 e. The van der Waals surface area contributed by atoms with Crippen molar-refractivity contribution in [1.82, 2.24) is 4.37 Å². The molecule has 0 fully saturated rings. The zero-order valence-electron chi connectivity index (χ0n) is 8.05. The molecule has 17 heavy (non-hydrogen) atoms. The van der Waals surface area contributed by atoms with Gasteiger partial charge in [-0.2, -0.15) is 17.5 Å². The first-order valence-corrected chi connectivity index (χ1v) is 5.91. The molecule has 2 aromatic rings. The molecule has 0 aliphatic heterocycles. The number of aromatic nitrogens is 1. The molecule has 2 rings (SSSR count). The monoisotopic (exact) mass is 297 g/mol. The number of nitrogens with zero attached hydrogens (tertiary/aromatic N) is 1. The third kappa shape index (κ3) is 2.56. The topological polar surface area (TPSA) is 12.9 Å². The highest BCUT2D eigenvalue weighted by Gasteiger charge is 2.33. The van der Waals surface area contributed by atoms with E-state index in [0.29, 0.717) is 17.1 Å². The van der Waals surface area contributed by atoms with Crippen LogP contribution < -0.4 is 0 Å². The van der Waals surface area contributed by atoms with E-state index in [1.165, 1.54) is 0 Å². The SMILES string of the molecule is FC(F)(F)c1cc(-c2c(Cl)cccc2Cl)ns1. The predicted octanol–water partition coefficient (Wildman–Crippen LogP) is 5.14. The van der Waals surface area contributed by atoms with E-state index >= 15 is 0 Å². The largest absolute Gasteiger partial charge is 0.427 e. The van der Waals surface area contributed by atoms with Crippen LogP contribution in [-0.2, 0) is 6.18 Å². The van der Waals surface area contributed by atoms with Gasteiger partial charge in [0.1, 0.15) is 4.88 Å². The van der Waals surface area contributed by atoms with Gasteiger partial charge in [-0.25, -0.2) is 0 Å². The van der Waals surface area contributed by atoms with Crippen LogP contribution >= 0.6 is 34.7 Å². The summed E-state index contributed by atoms with van der Waals surface area (Å²) in [5, 5.41) is 0.549. The fourth-order valence-corrected chi connectivity index (χ4v) is 2.47. The summed E-state index contributed by atoms with van der Waals surface area (Å²) in [7, 11) is 0. The van der Waals surface area contributed by atoms with Gasteiger partial charge >= 0.3 is 6.18 Å². The molecule has 0 aliphatic carbocycles. The normalized spacial score (nSPS) is 11.8. The highest BCUT2D eigenvalue weighted by molar-refractivity contribution is 7.06. The Morgan fingerprint density at radius 3 is 2.18 bits per heavy atom. The maximum atomic E-state index is 12.4. The summed E-state index contributed by atoms with van der Waals surface area (Å²) < 4.78 is 41.0. The second-order valence-corrected chi connectivity index (χ2v) is 4.79. The van der Waals surface area contributed by atoms with E-state index in [9.17, 15) is 13.2 Å². The standard InChI is InChI=1S/C10H4Cl2F3NS/c11-5-2-1-3-6(12)9(5)7-4-8(17-16-7)10(13,14)15/h1-4H. The number of hydrogen-bond donors (Lipinski definition) is 0. The van der Waals surface area contributed by atoms with E-state index in [1.807, 2.05) is 0 Å². The molecule has 0 saturated carbocycles. The van der Waals surface area contributed by atoms with Gasteiger partial charge in [-0.3, -0.25) is 0 Å². The summed E-state index contributed by atoms with van der Waals surface area (Å²) in [5.74, 6) is 0. The molecule has 0 unspecified atom stereocenters. The third-order valence-corrected chi connectivity index (χ3v) is 3.47. The van der Waals surface area contributed by atoms with Crippen molar-refractivity contribution in [3.05, 3.63) is 39.2 Å². The minimum Gasteiger partial charge on any atom is -0.192 e. The number of benzene rings is 1. The number of alkyl halides is 3. The van der Waals surface area contributed by atoms with Crippen molar-refractivity contribution in [2.24, 2.45) is 0 Å². The first-order chi connectivity index (χ1) is 7.89. The van der Waals surface area contributed by atoms with Gasteiger partial charge in [0.15, 0.2) is 0 Å². The fraction of sp³-hybridized carbons (Fsp3) is 0.100. The minimum atomic E-state index is -4.40. The van der Waals surface area contributed by atoms with Crippen LogP contribution in [0.1, 0.15) is 4.88 Å². The summed E-state index contributed by atoms with van der Waals surface area (Å²) in [5.41, 5.74) is 0.459. The minimum absolute atomic E-state index is 0.137. The molecule has 90 valence electrons. The molecule has 1 aromatic heterocycles. The quantitative estimate of drug-likeness (QED) is 0.710. The average Bonchev–Trinajstić information content (AvgIpc) is 2.65. The molecule has 0 N–H and O–H groups in total. The summed E-state index contributed by atoms with van der Waals surface area (Å²) in [6.45, 7) is 0. The molecule has 0 radical (unpaired) electrons. The lowest BCUT2D eigenvalue weighted by molar-refractivity contribution is -0.134. The summed E-state index contributed by atoms with van der Waals surface area (Å²) in [6.07, 6.45) is -4.40. The van der Waals surface area contributed by atoms with Crippen molar-refractivity contribution in [3.63, 3.8) is 0 Å². The lowest BCUT2D eigenvalue weighted by Crippen LogP contribution is -2.00. The Morgan fingerprint density at radius 1 is 1.12 bits per heavy atom. The molecular weight excluding hydrogens is 294 g/mol. The molecule has 0 saturated heterocycles. The van der Waals surface area contributed by atoms with Crippen LogP contribution in [0.4, 0.5) is 13.2 Å². The molecule has 0 aliphatic rings. The van der Waals surface area contributed by atoms with Crippen LogP contribution in [0.2, 0.25) is 10.0 Å². The number of hydrogen-bond acceptors (Lipinski definition) is 2. The summed E-state index contributed by atoms with van der Waals surface area (Å²) in [4.78, 5) is -0.775. The Kier molecular flexibility index (Phi) is 3.34. The second kappa shape index (κ2) is 4.48. The van der Waals surface area contributed by atoms with Crippen LogP contribution in [0, 0.1) is 0 Å². The molecular formula is C10H4Cl2F3NS. The van der Waals surface area contributed by atoms with Crippen molar-refractivity contribution in [2.45, 2.75) is 6.18 Å². The van der Waals surface area contributed by atoms with Crippen LogP contribution in [0.5, 0.6) is 0 Å². The first-order valence-electron chi connectivity index (χ1n) is 4.38. The zero-order chi connectivity index (χ0) is 12.6. The molecule has 1 nitrogen and oxygen atoms in total. The molecule has 7 heteroatoms. The maximum Gasteiger partial charge on any atom is 0.427 e. The summed E-state index contributed by atoms with van der Waals surface area (Å²) in [6, 6.07) is 5.66. The average molecular weight is 298 g/mol. The van der Waals surface area contributed by atoms with E-state index in [-0.39, 0.29) is 15.7 Å². The number of halogens is 5. The zero-order valence-corrected chi connectivity index (χ0v) is 10.4. The maximum absolute atomic E-state index is 12.4. The predicted molar refractivity (Wildman–Crippen MR) is 62.6 cm³/mol. The molecule has 0 atom stereocenters. The summed E-state index contributed by atoms with van der Waals surface area (Å²) >= 11 is 12.1. The third-order valence-electron chi connectivity index (χ3n) is 2.01. The second-order valence-electron chi connectivity index (χ2n) is 3.17. The van der Waals surface area contributed by atoms with Crippen LogP contribution in [0.3, 0.4) is 0 Å². The molecule has 0 amide bonds. The Balaban J connectivity index is 2.51. The van der Waals surface area contributed by atoms with Crippen LogP contribution in [0.25, 0.3) is 11.3 Å². The molecule has 1 heterocycles. The lowest BCUT2D eigenvalue weighted by Gasteiger charge is -2.03. The van der Waals surface area contributed by atoms with E-state index < -0.39 is 11.1 Å². The van der Waals surface area contributed by atoms with Crippen molar-refractivity contribution >= 4 is 34.7 Å². The highest BCUT2D eigenvalue weighted by atomic mass is 35.5. The Hall–Kier alpha value is -0.780. The highest BCUT2D eigenvalue weighted by Crippen LogP contribution is 2.39. The van der Waals surface area contributed by atoms with Gasteiger partial charge in [-0.05, 0) is 29.7 Å². The first kappa shape index (κ1) is 12.7. The Labute approximate surface area is 109 Å². The van der Waals surface area contributed by atoms with E-state index in [2.05, 4.69) is 4.37 Å². The van der Waals surface area contributed by atoms with E-state index in [0.717, 1.165) is 6.07 Å². The van der Waals surface area contributed by atoms with Gasteiger partial charge in [-0.1, -0.05) is 29.3 Å². The fourth-order valence-electron chi connectivity index (χ4n) is 1.27.